The van der Waals surface area contributed by atoms with Crippen molar-refractivity contribution < 1.29 is 39.5 Å². The second-order valence-electron chi connectivity index (χ2n) is 11.5. The van der Waals surface area contributed by atoms with Crippen LogP contribution in [0, 0.1) is 52.6 Å². The molecular formula is C32H33F8OSi2. The molecule has 0 fully saturated rings. The minimum absolute atomic E-state index is 0.250. The number of halogens is 8. The molecule has 0 aromatic heterocycles. The van der Waals surface area contributed by atoms with Crippen molar-refractivity contribution in [2.24, 2.45) is 0 Å². The predicted molar refractivity (Wildman–Crippen MR) is 158 cm³/mol. The average molecular weight is 642 g/mol. The molecule has 0 amide bonds. The van der Waals surface area contributed by atoms with Crippen LogP contribution in [-0.2, 0) is 6.04 Å². The van der Waals surface area contributed by atoms with Crippen LogP contribution in [0.15, 0.2) is 30.3 Å². The molecular weight excluding hydrogens is 609 g/mol. The van der Waals surface area contributed by atoms with E-state index in [2.05, 4.69) is 20.8 Å². The Bertz CT molecular complexity index is 1650. The van der Waals surface area contributed by atoms with E-state index in [0.29, 0.717) is 12.1 Å². The Hall–Kier alpha value is -2.93. The second-order valence-corrected chi connectivity index (χ2v) is 21.5. The first-order chi connectivity index (χ1) is 20.3. The lowest BCUT2D eigenvalue weighted by Gasteiger charge is -2.39. The molecule has 0 bridgehead atoms. The Morgan fingerprint density at radius 3 is 1.77 bits per heavy atom. The third-order valence-electron chi connectivity index (χ3n) is 9.28. The zero-order chi connectivity index (χ0) is 31.9. The molecule has 43 heavy (non-hydrogen) atoms. The lowest BCUT2D eigenvalue weighted by Crippen LogP contribution is -2.50. The summed E-state index contributed by atoms with van der Waals surface area (Å²) in [6.07, 6.45) is 0. The quantitative estimate of drug-likeness (QED) is 0.0521. The van der Waals surface area contributed by atoms with Gasteiger partial charge in [0.05, 0.1) is 24.2 Å². The predicted octanol–water partition coefficient (Wildman–Crippen LogP) is 10.9. The first-order valence-electron chi connectivity index (χ1n) is 14.4. The molecule has 0 aliphatic carbocycles. The summed E-state index contributed by atoms with van der Waals surface area (Å²) in [6, 6.07) is 15.2. The summed E-state index contributed by atoms with van der Waals surface area (Å²) in [6.45, 7) is 10.1. The van der Waals surface area contributed by atoms with E-state index in [1.165, 1.54) is 6.07 Å². The normalized spacial score (nSPS) is 13.7. The van der Waals surface area contributed by atoms with Gasteiger partial charge in [0.25, 0.3) is 8.32 Å². The van der Waals surface area contributed by atoms with Crippen molar-refractivity contribution in [2.45, 2.75) is 76.4 Å². The summed E-state index contributed by atoms with van der Waals surface area (Å²) in [7, 11) is -5.08. The van der Waals surface area contributed by atoms with Crippen molar-refractivity contribution in [1.82, 2.24) is 0 Å². The van der Waals surface area contributed by atoms with Gasteiger partial charge in [-0.15, -0.1) is 0 Å². The van der Waals surface area contributed by atoms with Gasteiger partial charge in [-0.2, -0.15) is 4.39 Å². The third kappa shape index (κ3) is 5.70. The van der Waals surface area contributed by atoms with E-state index in [-0.39, 0.29) is 5.54 Å². The van der Waals surface area contributed by atoms with Crippen molar-refractivity contribution in [3.05, 3.63) is 88.5 Å². The SMILES string of the molecule is CC[Si](CC)(CC)CC[Si](Cc1ccccc1)(Oc1c(F)c(F)c2c(F)c3c(F)c(F)c(F)[c]c3c(F)c2c1F)C(C)C. The van der Waals surface area contributed by atoms with Gasteiger partial charge in [-0.1, -0.05) is 89.1 Å². The van der Waals surface area contributed by atoms with E-state index in [1.54, 1.807) is 0 Å². The standard InChI is InChI=1S/C32H33F8OSi2/c1-6-42(7-2,8-3)14-15-43(18(4)5,17-19-12-10-9-11-13-19)41-32-30(39)23-24(29(38)31(32)40)27(36)22-20(25(23)34)16-21(33)26(35)28(22)37/h9-13,18H,6-8,14-15,17H2,1-5H3. The first kappa shape index (κ1) is 33.0. The highest BCUT2D eigenvalue weighted by Gasteiger charge is 2.45. The molecule has 1 atom stereocenters. The molecule has 231 valence electrons. The Labute approximate surface area is 248 Å². The Kier molecular flexibility index (Phi) is 9.66. The van der Waals surface area contributed by atoms with Crippen molar-refractivity contribution in [3.8, 4) is 5.75 Å². The van der Waals surface area contributed by atoms with Crippen molar-refractivity contribution >= 4 is 37.9 Å². The molecule has 4 aromatic carbocycles. The lowest BCUT2D eigenvalue weighted by atomic mass is 9.99. The van der Waals surface area contributed by atoms with Crippen LogP contribution in [0.25, 0.3) is 21.5 Å². The maximum atomic E-state index is 16.2. The Morgan fingerprint density at radius 2 is 1.21 bits per heavy atom. The summed E-state index contributed by atoms with van der Waals surface area (Å²) >= 11 is 0. The van der Waals surface area contributed by atoms with Crippen LogP contribution in [-0.4, -0.2) is 16.4 Å². The fraction of sp³-hybridized carbons (Fsp3) is 0.375. The van der Waals surface area contributed by atoms with E-state index in [4.69, 9.17) is 4.43 Å². The van der Waals surface area contributed by atoms with Crippen LogP contribution < -0.4 is 4.43 Å². The summed E-state index contributed by atoms with van der Waals surface area (Å²) in [4.78, 5) is 0. The number of hydrogen-bond donors (Lipinski definition) is 0. The van der Waals surface area contributed by atoms with Gasteiger partial charge in [0, 0.05) is 17.5 Å². The maximum Gasteiger partial charge on any atom is 0.258 e. The minimum Gasteiger partial charge on any atom is -0.539 e. The topological polar surface area (TPSA) is 9.23 Å². The molecule has 0 aliphatic rings. The van der Waals surface area contributed by atoms with Gasteiger partial charge in [-0.25, -0.2) is 30.7 Å². The van der Waals surface area contributed by atoms with E-state index in [0.717, 1.165) is 29.7 Å². The highest BCUT2D eigenvalue weighted by molar-refractivity contribution is 6.83. The molecule has 0 saturated carbocycles. The van der Waals surface area contributed by atoms with Crippen LogP contribution in [0.5, 0.6) is 5.75 Å². The summed E-state index contributed by atoms with van der Waals surface area (Å²) < 4.78 is 127. The van der Waals surface area contributed by atoms with Crippen LogP contribution in [0.2, 0.25) is 35.8 Å². The molecule has 1 unspecified atom stereocenters. The van der Waals surface area contributed by atoms with Gasteiger partial charge in [0.15, 0.2) is 34.8 Å². The fourth-order valence-corrected chi connectivity index (χ4v) is 15.5. The monoisotopic (exact) mass is 641 g/mol. The number of rotatable bonds is 11. The zero-order valence-corrected chi connectivity index (χ0v) is 26.6. The molecule has 4 aromatic rings. The van der Waals surface area contributed by atoms with Gasteiger partial charge in [0.1, 0.15) is 11.6 Å². The van der Waals surface area contributed by atoms with Crippen LogP contribution in [0.4, 0.5) is 35.1 Å². The van der Waals surface area contributed by atoms with E-state index in [1.807, 2.05) is 44.2 Å². The van der Waals surface area contributed by atoms with Crippen LogP contribution >= 0.6 is 0 Å². The largest absolute Gasteiger partial charge is 0.539 e. The molecule has 1 radical (unpaired) electrons. The zero-order valence-electron chi connectivity index (χ0n) is 24.6. The number of fused-ring (bicyclic) bond motifs is 2. The van der Waals surface area contributed by atoms with Gasteiger partial charge in [-0.3, -0.25) is 0 Å². The third-order valence-corrected chi connectivity index (χ3v) is 20.4. The average Bonchev–Trinajstić information content (AvgIpc) is 2.99. The molecule has 0 aliphatic heterocycles. The Balaban J connectivity index is 2.00. The van der Waals surface area contributed by atoms with Gasteiger partial charge in [-0.05, 0) is 17.1 Å². The number of hydrogen-bond acceptors (Lipinski definition) is 1. The molecule has 4 rings (SSSR count). The summed E-state index contributed by atoms with van der Waals surface area (Å²) in [5.74, 6) is -17.0. The van der Waals surface area contributed by atoms with Crippen LogP contribution in [0.3, 0.4) is 0 Å². The molecule has 0 N–H and O–H groups in total. The van der Waals surface area contributed by atoms with E-state index < -0.39 is 90.2 Å². The van der Waals surface area contributed by atoms with Crippen molar-refractivity contribution in [1.29, 1.82) is 0 Å². The fourth-order valence-electron chi connectivity index (χ4n) is 5.99. The lowest BCUT2D eigenvalue weighted by molar-refractivity contribution is 0.410. The van der Waals surface area contributed by atoms with E-state index in [9.17, 15) is 13.2 Å². The second kappa shape index (κ2) is 12.6. The van der Waals surface area contributed by atoms with Gasteiger partial charge < -0.3 is 4.43 Å². The molecule has 0 spiro atoms. The highest BCUT2D eigenvalue weighted by Crippen LogP contribution is 2.44. The van der Waals surface area contributed by atoms with Gasteiger partial charge in [0.2, 0.25) is 5.82 Å². The number of benzene rings is 4. The van der Waals surface area contributed by atoms with Crippen molar-refractivity contribution in [3.63, 3.8) is 0 Å². The Morgan fingerprint density at radius 1 is 0.651 bits per heavy atom. The molecule has 1 nitrogen and oxygen atoms in total. The smallest absolute Gasteiger partial charge is 0.258 e. The molecule has 0 heterocycles. The van der Waals surface area contributed by atoms with Crippen LogP contribution in [0.1, 0.15) is 40.2 Å². The molecule has 11 heteroatoms. The maximum absolute atomic E-state index is 16.2. The highest BCUT2D eigenvalue weighted by atomic mass is 28.4. The first-order valence-corrected chi connectivity index (χ1v) is 19.6. The summed E-state index contributed by atoms with van der Waals surface area (Å²) in [5, 5.41) is -5.75. The van der Waals surface area contributed by atoms with E-state index >= 15 is 22.0 Å². The summed E-state index contributed by atoms with van der Waals surface area (Å²) in [5.41, 5.74) is 0.590. The van der Waals surface area contributed by atoms with Gasteiger partial charge >= 0.3 is 0 Å². The molecule has 0 saturated heterocycles. The minimum atomic E-state index is -3.30. The van der Waals surface area contributed by atoms with Crippen molar-refractivity contribution in [2.75, 3.05) is 0 Å².